The van der Waals surface area contributed by atoms with E-state index in [4.69, 9.17) is 4.42 Å². The lowest BCUT2D eigenvalue weighted by molar-refractivity contribution is -0.136. The van der Waals surface area contributed by atoms with E-state index in [9.17, 15) is 14.7 Å². The third-order valence-electron chi connectivity index (χ3n) is 3.67. The van der Waals surface area contributed by atoms with E-state index in [1.54, 1.807) is 42.5 Å². The summed E-state index contributed by atoms with van der Waals surface area (Å²) in [6.07, 6.45) is 0.657. The van der Waals surface area contributed by atoms with E-state index in [0.717, 1.165) is 10.4 Å². The van der Waals surface area contributed by atoms with Crippen LogP contribution in [-0.2, 0) is 16.1 Å². The second kappa shape index (κ2) is 7.99. The minimum Gasteiger partial charge on any atom is -0.466 e. The number of hydrogen-bond acceptors (Lipinski definition) is 5. The van der Waals surface area contributed by atoms with E-state index in [-0.39, 0.29) is 6.54 Å². The van der Waals surface area contributed by atoms with Crippen LogP contribution in [0, 0.1) is 6.92 Å². The van der Waals surface area contributed by atoms with Crippen molar-refractivity contribution in [2.75, 3.05) is 5.32 Å². The lowest BCUT2D eigenvalue weighted by Crippen LogP contribution is -2.34. The van der Waals surface area contributed by atoms with Gasteiger partial charge in [0.25, 0.3) is 0 Å². The minimum absolute atomic E-state index is 0.204. The van der Waals surface area contributed by atoms with E-state index < -0.39 is 17.9 Å². The number of rotatable bonds is 5. The second-order valence-corrected chi connectivity index (χ2v) is 6.93. The van der Waals surface area contributed by atoms with Gasteiger partial charge in [0.2, 0.25) is 0 Å². The smallest absolute Gasteiger partial charge is 0.313 e. The van der Waals surface area contributed by atoms with Gasteiger partial charge in [0.05, 0.1) is 12.8 Å². The average Bonchev–Trinajstić information content (AvgIpc) is 3.31. The molecular formula is C19H18N2O4S. The number of thiophene rings is 1. The average molecular weight is 370 g/mol. The maximum absolute atomic E-state index is 12.0. The molecule has 0 aliphatic carbocycles. The van der Waals surface area contributed by atoms with E-state index in [0.29, 0.717) is 16.3 Å². The summed E-state index contributed by atoms with van der Waals surface area (Å²) >= 11 is 1.34. The Labute approximate surface area is 154 Å². The predicted molar refractivity (Wildman–Crippen MR) is 98.7 cm³/mol. The molecule has 1 atom stereocenters. The van der Waals surface area contributed by atoms with Crippen molar-refractivity contribution < 1.29 is 19.1 Å². The Morgan fingerprint density at radius 2 is 2.00 bits per heavy atom. The van der Waals surface area contributed by atoms with Gasteiger partial charge in [-0.3, -0.25) is 9.59 Å². The lowest BCUT2D eigenvalue weighted by Gasteiger charge is -2.06. The van der Waals surface area contributed by atoms with Crippen molar-refractivity contribution in [3.63, 3.8) is 0 Å². The summed E-state index contributed by atoms with van der Waals surface area (Å²) in [7, 11) is 0. The van der Waals surface area contributed by atoms with Crippen LogP contribution in [0.1, 0.15) is 27.2 Å². The molecule has 7 heteroatoms. The number of carbonyl (C=O) groups excluding carboxylic acids is 2. The highest BCUT2D eigenvalue weighted by Gasteiger charge is 2.17. The van der Waals surface area contributed by atoms with Crippen LogP contribution in [0.4, 0.5) is 5.69 Å². The maximum atomic E-state index is 12.0. The van der Waals surface area contributed by atoms with Crippen LogP contribution in [0.15, 0.2) is 59.2 Å². The summed E-state index contributed by atoms with van der Waals surface area (Å²) in [4.78, 5) is 25.4. The SMILES string of the molecule is Cc1cccc(NC(=O)C(=O)NCc2ccc(C(O)c3ccco3)s2)c1. The topological polar surface area (TPSA) is 91.6 Å². The van der Waals surface area contributed by atoms with Crippen molar-refractivity contribution in [2.24, 2.45) is 0 Å². The molecule has 0 saturated heterocycles. The van der Waals surface area contributed by atoms with Crippen LogP contribution < -0.4 is 10.6 Å². The van der Waals surface area contributed by atoms with Gasteiger partial charge in [0.1, 0.15) is 11.9 Å². The number of furan rings is 1. The van der Waals surface area contributed by atoms with Gasteiger partial charge < -0.3 is 20.2 Å². The van der Waals surface area contributed by atoms with Crippen LogP contribution in [0.2, 0.25) is 0 Å². The molecule has 3 rings (SSSR count). The van der Waals surface area contributed by atoms with Gasteiger partial charge in [-0.05, 0) is 48.9 Å². The van der Waals surface area contributed by atoms with Crippen molar-refractivity contribution in [1.82, 2.24) is 5.32 Å². The summed E-state index contributed by atoms with van der Waals surface area (Å²) in [6, 6.07) is 14.2. The molecule has 2 amide bonds. The fourth-order valence-electron chi connectivity index (χ4n) is 2.38. The van der Waals surface area contributed by atoms with Crippen molar-refractivity contribution in [2.45, 2.75) is 19.6 Å². The van der Waals surface area contributed by atoms with Crippen LogP contribution in [0.5, 0.6) is 0 Å². The fraction of sp³-hybridized carbons (Fsp3) is 0.158. The van der Waals surface area contributed by atoms with E-state index in [2.05, 4.69) is 10.6 Å². The highest BCUT2D eigenvalue weighted by Crippen LogP contribution is 2.28. The van der Waals surface area contributed by atoms with Gasteiger partial charge in [0, 0.05) is 15.4 Å². The Balaban J connectivity index is 1.54. The van der Waals surface area contributed by atoms with E-state index in [1.807, 2.05) is 13.0 Å². The normalized spacial score (nSPS) is 11.8. The number of aliphatic hydroxyl groups excluding tert-OH is 1. The number of aliphatic hydroxyl groups is 1. The van der Waals surface area contributed by atoms with Gasteiger partial charge in [-0.1, -0.05) is 12.1 Å². The summed E-state index contributed by atoms with van der Waals surface area (Å²) in [5, 5.41) is 15.3. The molecule has 0 spiro atoms. The first-order chi connectivity index (χ1) is 12.5. The molecule has 1 unspecified atom stereocenters. The first-order valence-electron chi connectivity index (χ1n) is 7.99. The number of nitrogens with one attached hydrogen (secondary N) is 2. The molecule has 134 valence electrons. The number of carbonyl (C=O) groups is 2. The van der Waals surface area contributed by atoms with Gasteiger partial charge in [-0.25, -0.2) is 0 Å². The molecule has 2 heterocycles. The van der Waals surface area contributed by atoms with Gasteiger partial charge in [0.15, 0.2) is 0 Å². The third kappa shape index (κ3) is 4.38. The number of benzene rings is 1. The first kappa shape index (κ1) is 17.9. The molecule has 0 saturated carbocycles. The molecule has 0 radical (unpaired) electrons. The molecular weight excluding hydrogens is 352 g/mol. The molecule has 0 aliphatic rings. The molecule has 0 bridgehead atoms. The first-order valence-corrected chi connectivity index (χ1v) is 8.80. The zero-order chi connectivity index (χ0) is 18.5. The third-order valence-corrected chi connectivity index (χ3v) is 4.81. The molecule has 0 aliphatic heterocycles. The minimum atomic E-state index is -0.843. The Kier molecular flexibility index (Phi) is 5.50. The zero-order valence-electron chi connectivity index (χ0n) is 14.1. The number of amides is 2. The zero-order valence-corrected chi connectivity index (χ0v) is 14.9. The molecule has 26 heavy (non-hydrogen) atoms. The van der Waals surface area contributed by atoms with Gasteiger partial charge in [-0.2, -0.15) is 0 Å². The summed E-state index contributed by atoms with van der Waals surface area (Å²) < 4.78 is 5.19. The van der Waals surface area contributed by atoms with Crippen molar-refractivity contribution in [1.29, 1.82) is 0 Å². The predicted octanol–water partition coefficient (Wildman–Crippen LogP) is 2.99. The summed E-state index contributed by atoms with van der Waals surface area (Å²) in [6.45, 7) is 2.11. The van der Waals surface area contributed by atoms with Crippen molar-refractivity contribution in [3.05, 3.63) is 75.9 Å². The fourth-order valence-corrected chi connectivity index (χ4v) is 3.33. The largest absolute Gasteiger partial charge is 0.466 e. The van der Waals surface area contributed by atoms with Gasteiger partial charge in [-0.15, -0.1) is 11.3 Å². The molecule has 1 aromatic carbocycles. The highest BCUT2D eigenvalue weighted by molar-refractivity contribution is 7.12. The van der Waals surface area contributed by atoms with E-state index in [1.165, 1.54) is 17.6 Å². The molecule has 2 aromatic heterocycles. The molecule has 6 nitrogen and oxygen atoms in total. The van der Waals surface area contributed by atoms with Crippen LogP contribution >= 0.6 is 11.3 Å². The molecule has 3 aromatic rings. The Hall–Kier alpha value is -2.90. The quantitative estimate of drug-likeness (QED) is 0.602. The lowest BCUT2D eigenvalue weighted by atomic mass is 10.2. The summed E-state index contributed by atoms with van der Waals surface area (Å²) in [5.74, 6) is -0.976. The Bertz CT molecular complexity index is 902. The van der Waals surface area contributed by atoms with Gasteiger partial charge >= 0.3 is 11.8 Å². The second-order valence-electron chi connectivity index (χ2n) is 5.73. The molecule has 0 fully saturated rings. The standard InChI is InChI=1S/C19H18N2O4S/c1-12-4-2-5-13(10-12)21-19(24)18(23)20-11-14-7-8-16(26-14)17(22)15-6-3-9-25-15/h2-10,17,22H,11H2,1H3,(H,20,23)(H,21,24). The molecule has 3 N–H and O–H groups in total. The monoisotopic (exact) mass is 370 g/mol. The number of anilines is 1. The number of aryl methyl sites for hydroxylation is 1. The van der Waals surface area contributed by atoms with Crippen molar-refractivity contribution >= 4 is 28.8 Å². The van der Waals surface area contributed by atoms with Crippen molar-refractivity contribution in [3.8, 4) is 0 Å². The Morgan fingerprint density at radius 3 is 2.73 bits per heavy atom. The van der Waals surface area contributed by atoms with Crippen LogP contribution in [0.25, 0.3) is 0 Å². The maximum Gasteiger partial charge on any atom is 0.313 e. The Morgan fingerprint density at radius 1 is 1.15 bits per heavy atom. The van der Waals surface area contributed by atoms with E-state index >= 15 is 0 Å². The van der Waals surface area contributed by atoms with Crippen LogP contribution in [-0.4, -0.2) is 16.9 Å². The van der Waals surface area contributed by atoms with Crippen LogP contribution in [0.3, 0.4) is 0 Å². The number of hydrogen-bond donors (Lipinski definition) is 3. The summed E-state index contributed by atoms with van der Waals surface area (Å²) in [5.41, 5.74) is 1.56. The highest BCUT2D eigenvalue weighted by atomic mass is 32.1.